The van der Waals surface area contributed by atoms with Gasteiger partial charge in [0.05, 0.1) is 12.0 Å². The number of hydrogen-bond acceptors (Lipinski definition) is 3. The lowest BCUT2D eigenvalue weighted by atomic mass is 9.92. The van der Waals surface area contributed by atoms with Crippen molar-refractivity contribution in [3.63, 3.8) is 0 Å². The third-order valence-corrected chi connectivity index (χ3v) is 3.55. The lowest BCUT2D eigenvalue weighted by Gasteiger charge is -2.19. The lowest BCUT2D eigenvalue weighted by molar-refractivity contribution is -0.141. The fourth-order valence-corrected chi connectivity index (χ4v) is 2.46. The number of hydrogen-bond donors (Lipinski definition) is 1. The van der Waals surface area contributed by atoms with Gasteiger partial charge in [-0.25, -0.2) is 0 Å². The van der Waals surface area contributed by atoms with Gasteiger partial charge in [0.15, 0.2) is 0 Å². The molecule has 1 fully saturated rings. The van der Waals surface area contributed by atoms with E-state index in [9.17, 15) is 9.59 Å². The van der Waals surface area contributed by atoms with Gasteiger partial charge >= 0.3 is 0 Å². The van der Waals surface area contributed by atoms with Crippen LogP contribution in [0.15, 0.2) is 24.3 Å². The molecule has 0 bridgehead atoms. The van der Waals surface area contributed by atoms with Crippen molar-refractivity contribution >= 4 is 29.0 Å². The Labute approximate surface area is 117 Å². The summed E-state index contributed by atoms with van der Waals surface area (Å²) in [5.41, 5.74) is 6.55. The zero-order chi connectivity index (χ0) is 14.2. The number of carbonyl (C=O) groups excluding carboxylic acids is 2. The summed E-state index contributed by atoms with van der Waals surface area (Å²) in [6.07, 6.45) is 0.251. The highest BCUT2D eigenvalue weighted by molar-refractivity contribution is 7.80. The molecule has 0 saturated carbocycles. The molecule has 0 spiro atoms. The Balaban J connectivity index is 2.30. The van der Waals surface area contributed by atoms with Gasteiger partial charge in [0.25, 0.3) is 0 Å². The molecule has 1 aromatic rings. The molecule has 0 atom stereocenters. The van der Waals surface area contributed by atoms with Gasteiger partial charge in [-0.1, -0.05) is 50.3 Å². The molecule has 0 aromatic heterocycles. The standard InChI is InChI=1S/C14H16N2O2S/c1-14(2)7-11(17)16(13(14)18)8-9-5-3-4-6-10(9)12(15)19/h3-6H,7-8H2,1-2H3,(H2,15,19). The first-order valence-corrected chi connectivity index (χ1v) is 6.46. The van der Waals surface area contributed by atoms with Crippen LogP contribution in [0.4, 0.5) is 0 Å². The predicted molar refractivity (Wildman–Crippen MR) is 76.3 cm³/mol. The second-order valence-corrected chi connectivity index (χ2v) is 5.81. The lowest BCUT2D eigenvalue weighted by Crippen LogP contribution is -2.33. The second kappa shape index (κ2) is 4.74. The van der Waals surface area contributed by atoms with Gasteiger partial charge in [0.1, 0.15) is 4.99 Å². The zero-order valence-electron chi connectivity index (χ0n) is 11.0. The zero-order valence-corrected chi connectivity index (χ0v) is 11.8. The van der Waals surface area contributed by atoms with Crippen LogP contribution in [0.1, 0.15) is 31.4 Å². The minimum atomic E-state index is -0.616. The number of likely N-dealkylation sites (tertiary alicyclic amines) is 1. The van der Waals surface area contributed by atoms with Crippen LogP contribution in [0.2, 0.25) is 0 Å². The van der Waals surface area contributed by atoms with E-state index in [0.29, 0.717) is 5.56 Å². The first-order chi connectivity index (χ1) is 8.83. The van der Waals surface area contributed by atoms with Gasteiger partial charge in [-0.05, 0) is 5.56 Å². The Hall–Kier alpha value is -1.75. The van der Waals surface area contributed by atoms with Gasteiger partial charge in [0, 0.05) is 12.0 Å². The average Bonchev–Trinajstić information content (AvgIpc) is 2.52. The highest BCUT2D eigenvalue weighted by atomic mass is 32.1. The smallest absolute Gasteiger partial charge is 0.235 e. The molecule has 1 heterocycles. The fraction of sp³-hybridized carbons (Fsp3) is 0.357. The third kappa shape index (κ3) is 2.51. The molecule has 0 aliphatic carbocycles. The van der Waals surface area contributed by atoms with Crippen molar-refractivity contribution in [2.24, 2.45) is 11.1 Å². The van der Waals surface area contributed by atoms with E-state index in [1.807, 2.05) is 18.2 Å². The number of benzene rings is 1. The average molecular weight is 276 g/mol. The van der Waals surface area contributed by atoms with Crippen LogP contribution in [-0.4, -0.2) is 21.7 Å². The number of nitrogens with two attached hydrogens (primary N) is 1. The summed E-state index contributed by atoms with van der Waals surface area (Å²) < 4.78 is 0. The largest absolute Gasteiger partial charge is 0.389 e. The maximum atomic E-state index is 12.2. The van der Waals surface area contributed by atoms with Crippen molar-refractivity contribution in [1.29, 1.82) is 0 Å². The number of amides is 2. The summed E-state index contributed by atoms with van der Waals surface area (Å²) in [6, 6.07) is 7.30. The Morgan fingerprint density at radius 2 is 2.00 bits per heavy atom. The van der Waals surface area contributed by atoms with E-state index in [4.69, 9.17) is 18.0 Å². The molecule has 1 saturated heterocycles. The van der Waals surface area contributed by atoms with Crippen molar-refractivity contribution in [3.05, 3.63) is 35.4 Å². The molecule has 0 unspecified atom stereocenters. The van der Waals surface area contributed by atoms with Crippen LogP contribution in [0.25, 0.3) is 0 Å². The van der Waals surface area contributed by atoms with Crippen LogP contribution in [0.5, 0.6) is 0 Å². The Kier molecular flexibility index (Phi) is 3.41. The summed E-state index contributed by atoms with van der Waals surface area (Å²) in [5, 5.41) is 0. The molecule has 1 aliphatic rings. The Morgan fingerprint density at radius 1 is 1.37 bits per heavy atom. The maximum absolute atomic E-state index is 12.2. The van der Waals surface area contributed by atoms with Crippen molar-refractivity contribution in [2.75, 3.05) is 0 Å². The normalized spacial score (nSPS) is 17.9. The quantitative estimate of drug-likeness (QED) is 0.673. The summed E-state index contributed by atoms with van der Waals surface area (Å²) in [6.45, 7) is 3.80. The van der Waals surface area contributed by atoms with Crippen LogP contribution >= 0.6 is 12.2 Å². The molecule has 0 radical (unpaired) electrons. The van der Waals surface area contributed by atoms with Gasteiger partial charge in [-0.15, -0.1) is 0 Å². The number of nitrogens with zero attached hydrogens (tertiary/aromatic N) is 1. The first-order valence-electron chi connectivity index (χ1n) is 6.05. The topological polar surface area (TPSA) is 63.4 Å². The van der Waals surface area contributed by atoms with Crippen LogP contribution in [0, 0.1) is 5.41 Å². The minimum Gasteiger partial charge on any atom is -0.389 e. The molecule has 2 amide bonds. The van der Waals surface area contributed by atoms with E-state index in [0.717, 1.165) is 5.56 Å². The van der Waals surface area contributed by atoms with Crippen molar-refractivity contribution in [1.82, 2.24) is 4.90 Å². The van der Waals surface area contributed by atoms with E-state index in [1.54, 1.807) is 19.9 Å². The highest BCUT2D eigenvalue weighted by Gasteiger charge is 2.44. The minimum absolute atomic E-state index is 0.143. The van der Waals surface area contributed by atoms with E-state index in [-0.39, 0.29) is 29.8 Å². The molecule has 2 N–H and O–H groups in total. The number of rotatable bonds is 3. The summed E-state index contributed by atoms with van der Waals surface area (Å²) in [7, 11) is 0. The molecule has 4 nitrogen and oxygen atoms in total. The number of carbonyl (C=O) groups is 2. The van der Waals surface area contributed by atoms with Gasteiger partial charge in [-0.3, -0.25) is 14.5 Å². The van der Waals surface area contributed by atoms with E-state index >= 15 is 0 Å². The molecule has 100 valence electrons. The monoisotopic (exact) mass is 276 g/mol. The third-order valence-electron chi connectivity index (χ3n) is 3.33. The molecule has 5 heteroatoms. The van der Waals surface area contributed by atoms with E-state index in [2.05, 4.69) is 0 Å². The van der Waals surface area contributed by atoms with Crippen molar-refractivity contribution in [3.8, 4) is 0 Å². The molecule has 19 heavy (non-hydrogen) atoms. The number of imide groups is 1. The molecule has 1 aromatic carbocycles. The molecule has 2 rings (SSSR count). The Bertz CT molecular complexity index is 566. The van der Waals surface area contributed by atoms with Crippen LogP contribution < -0.4 is 5.73 Å². The SMILES string of the molecule is CC1(C)CC(=O)N(Cc2ccccc2C(N)=S)C1=O. The van der Waals surface area contributed by atoms with Crippen molar-refractivity contribution < 1.29 is 9.59 Å². The van der Waals surface area contributed by atoms with Gasteiger partial charge in [-0.2, -0.15) is 0 Å². The number of thiocarbonyl (C=S) groups is 1. The highest BCUT2D eigenvalue weighted by Crippen LogP contribution is 2.32. The summed E-state index contributed by atoms with van der Waals surface area (Å²) >= 11 is 4.98. The van der Waals surface area contributed by atoms with E-state index < -0.39 is 5.41 Å². The van der Waals surface area contributed by atoms with Crippen LogP contribution in [-0.2, 0) is 16.1 Å². The second-order valence-electron chi connectivity index (χ2n) is 5.37. The van der Waals surface area contributed by atoms with Crippen LogP contribution in [0.3, 0.4) is 0 Å². The predicted octanol–water partition coefficient (Wildman–Crippen LogP) is 1.61. The maximum Gasteiger partial charge on any atom is 0.235 e. The summed E-state index contributed by atoms with van der Waals surface area (Å²) in [5.74, 6) is -0.289. The fourth-order valence-electron chi connectivity index (χ4n) is 2.26. The van der Waals surface area contributed by atoms with Gasteiger partial charge < -0.3 is 5.73 Å². The van der Waals surface area contributed by atoms with Gasteiger partial charge in [0.2, 0.25) is 11.8 Å². The molecular weight excluding hydrogens is 260 g/mol. The Morgan fingerprint density at radius 3 is 2.53 bits per heavy atom. The molecular formula is C14H16N2O2S. The summed E-state index contributed by atoms with van der Waals surface area (Å²) in [4.78, 5) is 25.7. The van der Waals surface area contributed by atoms with E-state index in [1.165, 1.54) is 4.90 Å². The van der Waals surface area contributed by atoms with Crippen molar-refractivity contribution in [2.45, 2.75) is 26.8 Å². The molecule has 1 aliphatic heterocycles. The first kappa shape index (κ1) is 13.7.